The minimum Gasteiger partial charge on any atom is -0.494 e. The molecule has 2 atom stereocenters. The quantitative estimate of drug-likeness (QED) is 0.580. The number of anilines is 1. The number of sulfonamides is 1. The molecule has 1 amide bonds. The van der Waals surface area contributed by atoms with Crippen LogP contribution < -0.4 is 9.64 Å². The van der Waals surface area contributed by atoms with Gasteiger partial charge in [0.05, 0.1) is 17.4 Å². The van der Waals surface area contributed by atoms with E-state index in [0.717, 1.165) is 27.7 Å². The lowest BCUT2D eigenvalue weighted by molar-refractivity contribution is -0.123. The first-order valence-corrected chi connectivity index (χ1v) is 13.3. The zero-order valence-corrected chi connectivity index (χ0v) is 21.1. The van der Waals surface area contributed by atoms with Crippen molar-refractivity contribution in [3.8, 4) is 5.75 Å². The van der Waals surface area contributed by atoms with Gasteiger partial charge in [0, 0.05) is 29.3 Å². The van der Waals surface area contributed by atoms with Crippen LogP contribution in [0.3, 0.4) is 0 Å². The van der Waals surface area contributed by atoms with Crippen LogP contribution in [-0.2, 0) is 21.2 Å². The molecule has 0 bridgehead atoms. The summed E-state index contributed by atoms with van der Waals surface area (Å²) in [6.07, 6.45) is 2.17. The summed E-state index contributed by atoms with van der Waals surface area (Å²) in [6.45, 7) is 6.95. The molecule has 0 aliphatic carbocycles. The van der Waals surface area contributed by atoms with E-state index in [0.29, 0.717) is 31.7 Å². The van der Waals surface area contributed by atoms with Crippen LogP contribution in [0.5, 0.6) is 5.75 Å². The summed E-state index contributed by atoms with van der Waals surface area (Å²) in [5, 5.41) is 0. The Morgan fingerprint density at radius 1 is 1.22 bits per heavy atom. The summed E-state index contributed by atoms with van der Waals surface area (Å²) in [7, 11) is -3.69. The van der Waals surface area contributed by atoms with Crippen LogP contribution in [0, 0.1) is 12.8 Å². The van der Waals surface area contributed by atoms with Gasteiger partial charge >= 0.3 is 0 Å². The number of carbonyl (C=O) groups is 1. The second-order valence-electron chi connectivity index (χ2n) is 8.60. The number of aryl methyl sites for hydroxylation is 1. The van der Waals surface area contributed by atoms with Crippen LogP contribution in [0.15, 0.2) is 45.8 Å². The van der Waals surface area contributed by atoms with Crippen LogP contribution >= 0.6 is 15.9 Å². The van der Waals surface area contributed by atoms with E-state index in [1.807, 2.05) is 37.8 Å². The van der Waals surface area contributed by atoms with Gasteiger partial charge in [-0.05, 0) is 87.6 Å². The van der Waals surface area contributed by atoms with E-state index in [1.54, 1.807) is 18.2 Å². The number of hydrogen-bond donors (Lipinski definition) is 0. The fourth-order valence-electron chi connectivity index (χ4n) is 4.74. The lowest BCUT2D eigenvalue weighted by Crippen LogP contribution is -2.48. The first-order chi connectivity index (χ1) is 15.2. The molecule has 0 N–H and O–H groups in total. The van der Waals surface area contributed by atoms with Crippen molar-refractivity contribution >= 4 is 37.5 Å². The molecule has 2 heterocycles. The van der Waals surface area contributed by atoms with Crippen LogP contribution in [0.2, 0.25) is 0 Å². The van der Waals surface area contributed by atoms with Gasteiger partial charge in [0.25, 0.3) is 0 Å². The van der Waals surface area contributed by atoms with Crippen molar-refractivity contribution in [3.05, 3.63) is 52.0 Å². The van der Waals surface area contributed by atoms with Crippen LogP contribution in [0.1, 0.15) is 37.8 Å². The first-order valence-electron chi connectivity index (χ1n) is 11.1. The molecular formula is C24H29BrN2O4S. The molecule has 0 spiro atoms. The molecule has 0 aromatic heterocycles. The maximum absolute atomic E-state index is 13.5. The second kappa shape index (κ2) is 9.15. The molecule has 1 fully saturated rings. The minimum absolute atomic E-state index is 0.0151. The molecular weight excluding hydrogens is 492 g/mol. The van der Waals surface area contributed by atoms with Crippen molar-refractivity contribution < 1.29 is 17.9 Å². The van der Waals surface area contributed by atoms with E-state index in [4.69, 9.17) is 4.74 Å². The highest BCUT2D eigenvalue weighted by Crippen LogP contribution is 2.36. The first kappa shape index (κ1) is 23.3. The third kappa shape index (κ3) is 4.32. The lowest BCUT2D eigenvalue weighted by Gasteiger charge is -2.34. The minimum atomic E-state index is -3.69. The Hall–Kier alpha value is -1.90. The third-order valence-electron chi connectivity index (χ3n) is 6.31. The van der Waals surface area contributed by atoms with E-state index in [1.165, 1.54) is 4.31 Å². The van der Waals surface area contributed by atoms with Gasteiger partial charge in [-0.15, -0.1) is 0 Å². The molecule has 2 aromatic carbocycles. The highest BCUT2D eigenvalue weighted by Gasteiger charge is 2.39. The molecule has 0 radical (unpaired) electrons. The zero-order valence-electron chi connectivity index (χ0n) is 18.7. The number of rotatable bonds is 5. The number of ether oxygens (including phenoxy) is 1. The van der Waals surface area contributed by atoms with Crippen molar-refractivity contribution in [3.63, 3.8) is 0 Å². The largest absolute Gasteiger partial charge is 0.494 e. The SMILES string of the molecule is CCOc1ccc(S(=O)(=O)N2CCCC(C(=O)N3c4ccc(Br)cc4CC3C)C2)cc1C. The van der Waals surface area contributed by atoms with Crippen molar-refractivity contribution in [2.24, 2.45) is 5.92 Å². The van der Waals surface area contributed by atoms with Gasteiger partial charge in [-0.3, -0.25) is 4.79 Å². The Morgan fingerprint density at radius 2 is 2.00 bits per heavy atom. The predicted octanol–water partition coefficient (Wildman–Crippen LogP) is 4.53. The average Bonchev–Trinajstić information content (AvgIpc) is 3.09. The Morgan fingerprint density at radius 3 is 2.72 bits per heavy atom. The summed E-state index contributed by atoms with van der Waals surface area (Å²) < 4.78 is 34.7. The highest BCUT2D eigenvalue weighted by atomic mass is 79.9. The third-order valence-corrected chi connectivity index (χ3v) is 8.67. The Bertz CT molecular complexity index is 1130. The monoisotopic (exact) mass is 520 g/mol. The van der Waals surface area contributed by atoms with E-state index < -0.39 is 10.0 Å². The van der Waals surface area contributed by atoms with Gasteiger partial charge in [-0.2, -0.15) is 4.31 Å². The van der Waals surface area contributed by atoms with Crippen molar-refractivity contribution in [1.82, 2.24) is 4.31 Å². The number of carbonyl (C=O) groups excluding carboxylic acids is 1. The van der Waals surface area contributed by atoms with Crippen molar-refractivity contribution in [1.29, 1.82) is 0 Å². The Labute approximate surface area is 198 Å². The molecule has 6 nitrogen and oxygen atoms in total. The second-order valence-corrected chi connectivity index (χ2v) is 11.5. The fraction of sp³-hybridized carbons (Fsp3) is 0.458. The van der Waals surface area contributed by atoms with Gasteiger partial charge in [0.15, 0.2) is 0 Å². The number of fused-ring (bicyclic) bond motifs is 1. The normalized spacial score (nSPS) is 21.4. The topological polar surface area (TPSA) is 66.9 Å². The number of piperidine rings is 1. The fourth-order valence-corrected chi connectivity index (χ4v) is 6.76. The van der Waals surface area contributed by atoms with Crippen LogP contribution in [0.4, 0.5) is 5.69 Å². The summed E-state index contributed by atoms with van der Waals surface area (Å²) in [6, 6.07) is 11.0. The summed E-state index contributed by atoms with van der Waals surface area (Å²) in [4.78, 5) is 15.6. The van der Waals surface area contributed by atoms with Crippen LogP contribution in [0.25, 0.3) is 0 Å². The lowest BCUT2D eigenvalue weighted by atomic mass is 9.97. The van der Waals surface area contributed by atoms with E-state index in [9.17, 15) is 13.2 Å². The molecule has 1 saturated heterocycles. The zero-order chi connectivity index (χ0) is 23.0. The molecule has 8 heteroatoms. The standard InChI is InChI=1S/C24H29BrN2O4S/c1-4-31-23-10-8-21(12-16(23)2)32(29,30)26-11-5-6-18(15-26)24(28)27-17(3)13-19-14-20(25)7-9-22(19)27/h7-10,12,14,17-18H,4-6,11,13,15H2,1-3H3. The molecule has 2 aliphatic rings. The number of benzene rings is 2. The maximum atomic E-state index is 13.5. The highest BCUT2D eigenvalue weighted by molar-refractivity contribution is 9.10. The molecule has 0 saturated carbocycles. The average molecular weight is 521 g/mol. The summed E-state index contributed by atoms with van der Waals surface area (Å²) in [5.41, 5.74) is 2.87. The molecule has 172 valence electrons. The van der Waals surface area contributed by atoms with Gasteiger partial charge < -0.3 is 9.64 Å². The number of halogens is 1. The van der Waals surface area contributed by atoms with Gasteiger partial charge in [-0.1, -0.05) is 15.9 Å². The number of nitrogens with zero attached hydrogens (tertiary/aromatic N) is 2. The van der Waals surface area contributed by atoms with Gasteiger partial charge in [-0.25, -0.2) is 8.42 Å². The summed E-state index contributed by atoms with van der Waals surface area (Å²) >= 11 is 3.50. The number of amides is 1. The van der Waals surface area contributed by atoms with Crippen LogP contribution in [-0.4, -0.2) is 44.4 Å². The van der Waals surface area contributed by atoms with Crippen molar-refractivity contribution in [2.45, 2.75) is 51.0 Å². The maximum Gasteiger partial charge on any atom is 0.243 e. The van der Waals surface area contributed by atoms with Gasteiger partial charge in [0.2, 0.25) is 15.9 Å². The predicted molar refractivity (Wildman–Crippen MR) is 129 cm³/mol. The Kier molecular flexibility index (Phi) is 6.66. The molecule has 4 rings (SSSR count). The smallest absolute Gasteiger partial charge is 0.243 e. The summed E-state index contributed by atoms with van der Waals surface area (Å²) in [5.74, 6) is 0.354. The van der Waals surface area contributed by atoms with Crippen molar-refractivity contribution in [2.75, 3.05) is 24.6 Å². The van der Waals surface area contributed by atoms with Gasteiger partial charge in [0.1, 0.15) is 5.75 Å². The molecule has 2 aliphatic heterocycles. The molecule has 32 heavy (non-hydrogen) atoms. The Balaban J connectivity index is 1.55. The van der Waals surface area contributed by atoms with E-state index in [-0.39, 0.29) is 29.3 Å². The number of hydrogen-bond acceptors (Lipinski definition) is 4. The molecule has 2 unspecified atom stereocenters. The molecule has 2 aromatic rings. The van der Waals surface area contributed by atoms with E-state index in [2.05, 4.69) is 22.0 Å². The van der Waals surface area contributed by atoms with E-state index >= 15 is 0 Å².